The summed E-state index contributed by atoms with van der Waals surface area (Å²) >= 11 is 2.64. The highest BCUT2D eigenvalue weighted by molar-refractivity contribution is 7.81. The fraction of sp³-hybridized carbons (Fsp3) is 0.400. The first kappa shape index (κ1) is 15.2. The molecule has 1 rings (SSSR count). The van der Waals surface area contributed by atoms with E-state index in [9.17, 15) is 26.3 Å². The fourth-order valence-corrected chi connectivity index (χ4v) is 1.15. The summed E-state index contributed by atoms with van der Waals surface area (Å²) in [5, 5.41) is 0. The minimum Gasteiger partial charge on any atom is -0.344 e. The number of thiol groups is 1. The molecule has 1 aromatic rings. The number of ether oxygens (including phenoxy) is 1. The Kier molecular flexibility index (Phi) is 4.22. The van der Waals surface area contributed by atoms with Gasteiger partial charge in [-0.2, -0.15) is 26.3 Å². The number of halogens is 6. The maximum absolute atomic E-state index is 12.4. The zero-order chi connectivity index (χ0) is 14.0. The normalized spacial score (nSPS) is 13.7. The first-order valence-corrected chi connectivity index (χ1v) is 5.06. The van der Waals surface area contributed by atoms with Crippen LogP contribution in [-0.2, 0) is 11.3 Å². The highest BCUT2D eigenvalue weighted by Crippen LogP contribution is 2.48. The van der Waals surface area contributed by atoms with Gasteiger partial charge in [-0.15, -0.1) is 12.6 Å². The lowest BCUT2D eigenvalue weighted by atomic mass is 10.2. The fourth-order valence-electron chi connectivity index (χ4n) is 1.09. The largest absolute Gasteiger partial charge is 0.436 e. The summed E-state index contributed by atoms with van der Waals surface area (Å²) in [6.45, 7) is -0.844. The number of hydrogen-bond donors (Lipinski definition) is 1. The van der Waals surface area contributed by atoms with Crippen molar-refractivity contribution in [1.29, 1.82) is 0 Å². The van der Waals surface area contributed by atoms with Gasteiger partial charge in [0.2, 0.25) is 0 Å². The lowest BCUT2D eigenvalue weighted by Gasteiger charge is -2.32. The molecule has 0 unspecified atom stereocenters. The third kappa shape index (κ3) is 3.11. The Hall–Kier alpha value is -0.890. The van der Waals surface area contributed by atoms with Gasteiger partial charge in [0, 0.05) is 0 Å². The maximum atomic E-state index is 12.4. The van der Waals surface area contributed by atoms with E-state index < -0.39 is 23.9 Å². The van der Waals surface area contributed by atoms with Gasteiger partial charge in [-0.05, 0) is 5.56 Å². The number of hydrogen-bond acceptors (Lipinski definition) is 2. The molecule has 1 aromatic carbocycles. The van der Waals surface area contributed by atoms with Gasteiger partial charge in [-0.3, -0.25) is 0 Å². The third-order valence-electron chi connectivity index (χ3n) is 2.06. The van der Waals surface area contributed by atoms with Crippen LogP contribution in [0.3, 0.4) is 0 Å². The second-order valence-electron chi connectivity index (χ2n) is 3.41. The highest BCUT2D eigenvalue weighted by atomic mass is 32.1. The van der Waals surface area contributed by atoms with E-state index in [4.69, 9.17) is 0 Å². The summed E-state index contributed by atoms with van der Waals surface area (Å²) in [5.41, 5.74) is 0.185. The van der Waals surface area contributed by atoms with Gasteiger partial charge in [0.25, 0.3) is 0 Å². The first-order valence-electron chi connectivity index (χ1n) is 4.61. The van der Waals surface area contributed by atoms with Crippen molar-refractivity contribution >= 4 is 12.6 Å². The molecule has 0 radical (unpaired) electrons. The molecule has 8 heteroatoms. The molecule has 102 valence electrons. The van der Waals surface area contributed by atoms with Crippen LogP contribution in [0.5, 0.6) is 0 Å². The predicted molar refractivity (Wildman–Crippen MR) is 55.1 cm³/mol. The molecule has 0 bridgehead atoms. The summed E-state index contributed by atoms with van der Waals surface area (Å²) in [7, 11) is 0. The molecule has 0 heterocycles. The monoisotopic (exact) mass is 290 g/mol. The average Bonchev–Trinajstić information content (AvgIpc) is 2.24. The Bertz CT molecular complexity index is 372. The van der Waals surface area contributed by atoms with Gasteiger partial charge in [0.1, 0.15) is 0 Å². The van der Waals surface area contributed by atoms with Gasteiger partial charge < -0.3 is 4.74 Å². The molecular weight excluding hydrogens is 282 g/mol. The van der Waals surface area contributed by atoms with Crippen LogP contribution in [0.15, 0.2) is 30.3 Å². The standard InChI is InChI=1S/C10H8F6OS/c11-9(12,13)8(18,10(14,15)16)17-6-7-4-2-1-3-5-7/h1-5,18H,6H2. The average molecular weight is 290 g/mol. The van der Waals surface area contributed by atoms with Crippen LogP contribution in [0.2, 0.25) is 0 Å². The van der Waals surface area contributed by atoms with Gasteiger partial charge >= 0.3 is 17.3 Å². The van der Waals surface area contributed by atoms with Gasteiger partial charge in [-0.1, -0.05) is 30.3 Å². The Morgan fingerprint density at radius 2 is 1.33 bits per heavy atom. The highest BCUT2D eigenvalue weighted by Gasteiger charge is 2.70. The molecule has 0 aromatic heterocycles. The van der Waals surface area contributed by atoms with Crippen molar-refractivity contribution in [2.75, 3.05) is 0 Å². The summed E-state index contributed by atoms with van der Waals surface area (Å²) in [6, 6.07) is 7.22. The maximum Gasteiger partial charge on any atom is 0.436 e. The first-order chi connectivity index (χ1) is 8.08. The SMILES string of the molecule is FC(F)(F)C(S)(OCc1ccccc1)C(F)(F)F. The summed E-state index contributed by atoms with van der Waals surface area (Å²) < 4.78 is 78.2. The Morgan fingerprint density at radius 3 is 1.72 bits per heavy atom. The van der Waals surface area contributed by atoms with Crippen molar-refractivity contribution in [3.63, 3.8) is 0 Å². The van der Waals surface area contributed by atoms with E-state index in [1.807, 2.05) is 0 Å². The van der Waals surface area contributed by atoms with E-state index in [1.54, 1.807) is 6.07 Å². The smallest absolute Gasteiger partial charge is 0.344 e. The molecule has 18 heavy (non-hydrogen) atoms. The molecular formula is C10H8F6OS. The third-order valence-corrected chi connectivity index (χ3v) is 2.70. The van der Waals surface area contributed by atoms with Gasteiger partial charge in [0.05, 0.1) is 6.61 Å². The molecule has 1 nitrogen and oxygen atoms in total. The van der Waals surface area contributed by atoms with Crippen LogP contribution in [0, 0.1) is 0 Å². The topological polar surface area (TPSA) is 9.23 Å². The second kappa shape index (κ2) is 5.00. The van der Waals surface area contributed by atoms with Crippen LogP contribution < -0.4 is 0 Å². The second-order valence-corrected chi connectivity index (χ2v) is 4.04. The molecule has 0 N–H and O–H groups in total. The molecule has 0 saturated heterocycles. The predicted octanol–water partition coefficient (Wildman–Crippen LogP) is 3.95. The summed E-state index contributed by atoms with van der Waals surface area (Å²) in [5.74, 6) is 0. The zero-order valence-electron chi connectivity index (χ0n) is 8.72. The van der Waals surface area contributed by atoms with Crippen molar-refractivity contribution in [2.24, 2.45) is 0 Å². The van der Waals surface area contributed by atoms with Crippen LogP contribution in [-0.4, -0.2) is 17.3 Å². The van der Waals surface area contributed by atoms with E-state index in [0.717, 1.165) is 0 Å². The minimum atomic E-state index is -5.66. The Labute approximate surface area is 104 Å². The van der Waals surface area contributed by atoms with E-state index in [1.165, 1.54) is 24.3 Å². The lowest BCUT2D eigenvalue weighted by molar-refractivity contribution is -0.342. The van der Waals surface area contributed by atoms with Crippen molar-refractivity contribution in [3.8, 4) is 0 Å². The van der Waals surface area contributed by atoms with Crippen LogP contribution in [0.4, 0.5) is 26.3 Å². The van der Waals surface area contributed by atoms with Crippen molar-refractivity contribution in [3.05, 3.63) is 35.9 Å². The number of alkyl halides is 6. The molecule has 0 saturated carbocycles. The van der Waals surface area contributed by atoms with E-state index in [-0.39, 0.29) is 5.56 Å². The molecule has 0 aliphatic rings. The van der Waals surface area contributed by atoms with Crippen molar-refractivity contribution in [1.82, 2.24) is 0 Å². The molecule has 0 fully saturated rings. The van der Waals surface area contributed by atoms with Crippen LogP contribution in [0.1, 0.15) is 5.56 Å². The molecule has 0 spiro atoms. The molecule has 0 amide bonds. The van der Waals surface area contributed by atoms with Crippen molar-refractivity contribution < 1.29 is 31.1 Å². The Morgan fingerprint density at radius 1 is 0.889 bits per heavy atom. The van der Waals surface area contributed by atoms with E-state index in [2.05, 4.69) is 17.4 Å². The summed E-state index contributed by atoms with van der Waals surface area (Å²) in [6.07, 6.45) is -11.3. The van der Waals surface area contributed by atoms with E-state index in [0.29, 0.717) is 0 Å². The molecule has 0 aliphatic heterocycles. The molecule has 0 atom stereocenters. The van der Waals surface area contributed by atoms with Gasteiger partial charge in [0.15, 0.2) is 0 Å². The minimum absolute atomic E-state index is 0.185. The zero-order valence-corrected chi connectivity index (χ0v) is 9.61. The summed E-state index contributed by atoms with van der Waals surface area (Å²) in [4.78, 5) is -4.48. The lowest BCUT2D eigenvalue weighted by Crippen LogP contribution is -2.54. The number of rotatable bonds is 3. The molecule has 0 aliphatic carbocycles. The van der Waals surface area contributed by atoms with Crippen LogP contribution in [0.25, 0.3) is 0 Å². The van der Waals surface area contributed by atoms with Crippen LogP contribution >= 0.6 is 12.6 Å². The van der Waals surface area contributed by atoms with E-state index >= 15 is 0 Å². The number of benzene rings is 1. The Balaban J connectivity index is 2.89. The van der Waals surface area contributed by atoms with Crippen molar-refractivity contribution in [2.45, 2.75) is 23.9 Å². The quantitative estimate of drug-likeness (QED) is 0.504. The van der Waals surface area contributed by atoms with Gasteiger partial charge in [-0.25, -0.2) is 0 Å².